The third kappa shape index (κ3) is 3.16. The van der Waals surface area contributed by atoms with Gasteiger partial charge in [-0.15, -0.1) is 11.3 Å². The van der Waals surface area contributed by atoms with Gasteiger partial charge in [0.1, 0.15) is 5.52 Å². The molecule has 4 aromatic rings. The fourth-order valence-corrected chi connectivity index (χ4v) is 3.28. The van der Waals surface area contributed by atoms with Crippen LogP contribution in [0, 0.1) is 6.92 Å². The van der Waals surface area contributed by atoms with E-state index in [1.54, 1.807) is 18.2 Å². The molecule has 2 heterocycles. The molecule has 6 heteroatoms. The summed E-state index contributed by atoms with van der Waals surface area (Å²) in [6.45, 7) is 2.00. The Morgan fingerprint density at radius 2 is 2.08 bits per heavy atom. The van der Waals surface area contributed by atoms with E-state index in [0.717, 1.165) is 22.2 Å². The second-order valence-corrected chi connectivity index (χ2v) is 6.97. The average molecular weight is 369 g/mol. The predicted molar refractivity (Wildman–Crippen MR) is 101 cm³/mol. The van der Waals surface area contributed by atoms with Gasteiger partial charge in [0.2, 0.25) is 5.89 Å². The lowest BCUT2D eigenvalue weighted by atomic mass is 10.2. The van der Waals surface area contributed by atoms with E-state index in [-0.39, 0.29) is 5.91 Å². The number of aryl methyl sites for hydroxylation is 1. The molecule has 1 N–H and O–H groups in total. The maximum absolute atomic E-state index is 12.3. The normalized spacial score (nSPS) is 11.0. The smallest absolute Gasteiger partial charge is 0.265 e. The molecule has 2 aromatic heterocycles. The molecule has 4 nitrogen and oxygen atoms in total. The summed E-state index contributed by atoms with van der Waals surface area (Å²) in [6, 6.07) is 14.8. The fourth-order valence-electron chi connectivity index (χ4n) is 2.50. The van der Waals surface area contributed by atoms with Crippen LogP contribution in [-0.2, 0) is 0 Å². The molecule has 0 aliphatic rings. The summed E-state index contributed by atoms with van der Waals surface area (Å²) in [5.41, 5.74) is 3.90. The van der Waals surface area contributed by atoms with Gasteiger partial charge in [0.25, 0.3) is 5.91 Å². The Labute approximate surface area is 153 Å². The lowest BCUT2D eigenvalue weighted by Crippen LogP contribution is -2.10. The number of rotatable bonds is 3. The van der Waals surface area contributed by atoms with E-state index in [9.17, 15) is 4.79 Å². The molecule has 25 heavy (non-hydrogen) atoms. The van der Waals surface area contributed by atoms with Crippen molar-refractivity contribution in [1.29, 1.82) is 0 Å². The minimum Gasteiger partial charge on any atom is -0.436 e. The Morgan fingerprint density at radius 1 is 1.20 bits per heavy atom. The first-order valence-electron chi connectivity index (χ1n) is 7.62. The SMILES string of the molecule is Cc1ccc2nc(-c3ccc(Cl)c(NC(=O)c4cccs4)c3)oc2c1. The highest BCUT2D eigenvalue weighted by atomic mass is 35.5. The Hall–Kier alpha value is -2.63. The van der Waals surface area contributed by atoms with Gasteiger partial charge >= 0.3 is 0 Å². The lowest BCUT2D eigenvalue weighted by molar-refractivity contribution is 0.103. The lowest BCUT2D eigenvalue weighted by Gasteiger charge is -2.07. The molecule has 0 atom stereocenters. The number of hydrogen-bond acceptors (Lipinski definition) is 4. The van der Waals surface area contributed by atoms with Gasteiger partial charge in [-0.1, -0.05) is 23.7 Å². The van der Waals surface area contributed by atoms with Crippen LogP contribution in [0.4, 0.5) is 5.69 Å². The summed E-state index contributed by atoms with van der Waals surface area (Å²) in [7, 11) is 0. The zero-order chi connectivity index (χ0) is 17.4. The van der Waals surface area contributed by atoms with Crippen molar-refractivity contribution in [3.05, 3.63) is 69.4 Å². The summed E-state index contributed by atoms with van der Waals surface area (Å²) in [4.78, 5) is 17.4. The summed E-state index contributed by atoms with van der Waals surface area (Å²) in [5.74, 6) is 0.297. The van der Waals surface area contributed by atoms with Gasteiger partial charge in [-0.05, 0) is 54.3 Å². The Balaban J connectivity index is 1.69. The molecule has 1 amide bonds. The van der Waals surface area contributed by atoms with Crippen molar-refractivity contribution in [3.63, 3.8) is 0 Å². The highest BCUT2D eigenvalue weighted by Crippen LogP contribution is 2.31. The Kier molecular flexibility index (Phi) is 4.03. The number of anilines is 1. The predicted octanol–water partition coefficient (Wildman–Crippen LogP) is 5.77. The zero-order valence-corrected chi connectivity index (χ0v) is 14.8. The zero-order valence-electron chi connectivity index (χ0n) is 13.2. The fraction of sp³-hybridized carbons (Fsp3) is 0.0526. The van der Waals surface area contributed by atoms with Crippen molar-refractivity contribution in [2.45, 2.75) is 6.92 Å². The van der Waals surface area contributed by atoms with E-state index in [2.05, 4.69) is 10.3 Å². The van der Waals surface area contributed by atoms with Gasteiger partial charge in [-0.2, -0.15) is 0 Å². The Bertz CT molecular complexity index is 1070. The van der Waals surface area contributed by atoms with Crippen LogP contribution in [0.1, 0.15) is 15.2 Å². The molecule has 0 aliphatic heterocycles. The van der Waals surface area contributed by atoms with E-state index in [1.165, 1.54) is 11.3 Å². The molecule has 0 unspecified atom stereocenters. The molecule has 0 spiro atoms. The number of aromatic nitrogens is 1. The second-order valence-electron chi connectivity index (χ2n) is 5.62. The molecule has 2 aromatic carbocycles. The maximum Gasteiger partial charge on any atom is 0.265 e. The van der Waals surface area contributed by atoms with Gasteiger partial charge in [0.05, 0.1) is 15.6 Å². The number of carbonyl (C=O) groups excluding carboxylic acids is 1. The number of thiophene rings is 1. The molecule has 124 valence electrons. The number of hydrogen-bond donors (Lipinski definition) is 1. The molecular formula is C19H13ClN2O2S. The Morgan fingerprint density at radius 3 is 2.88 bits per heavy atom. The highest BCUT2D eigenvalue weighted by molar-refractivity contribution is 7.12. The second kappa shape index (κ2) is 6.35. The number of nitrogens with zero attached hydrogens (tertiary/aromatic N) is 1. The molecule has 0 bridgehead atoms. The van der Waals surface area contributed by atoms with Gasteiger partial charge in [0, 0.05) is 5.56 Å². The maximum atomic E-state index is 12.3. The van der Waals surface area contributed by atoms with Crippen LogP contribution >= 0.6 is 22.9 Å². The van der Waals surface area contributed by atoms with E-state index in [1.807, 2.05) is 42.6 Å². The topological polar surface area (TPSA) is 55.1 Å². The molecule has 0 radical (unpaired) electrons. The number of nitrogens with one attached hydrogen (secondary N) is 1. The van der Waals surface area contributed by atoms with Crippen molar-refractivity contribution in [3.8, 4) is 11.5 Å². The van der Waals surface area contributed by atoms with E-state index < -0.39 is 0 Å². The van der Waals surface area contributed by atoms with Crippen molar-refractivity contribution < 1.29 is 9.21 Å². The minimum absolute atomic E-state index is 0.192. The van der Waals surface area contributed by atoms with Gasteiger partial charge in [-0.3, -0.25) is 4.79 Å². The molecule has 0 fully saturated rings. The van der Waals surface area contributed by atoms with Crippen molar-refractivity contribution in [2.24, 2.45) is 0 Å². The quantitative estimate of drug-likeness (QED) is 0.499. The first kappa shape index (κ1) is 15.9. The molecule has 0 saturated carbocycles. The third-order valence-electron chi connectivity index (χ3n) is 3.75. The van der Waals surface area contributed by atoms with Crippen LogP contribution in [0.5, 0.6) is 0 Å². The van der Waals surface area contributed by atoms with Crippen molar-refractivity contribution in [2.75, 3.05) is 5.32 Å². The molecule has 0 saturated heterocycles. The van der Waals surface area contributed by atoms with E-state index >= 15 is 0 Å². The summed E-state index contributed by atoms with van der Waals surface area (Å²) in [6.07, 6.45) is 0. The number of oxazole rings is 1. The molecule has 0 aliphatic carbocycles. The largest absolute Gasteiger partial charge is 0.436 e. The third-order valence-corrected chi connectivity index (χ3v) is 4.95. The van der Waals surface area contributed by atoms with E-state index in [0.29, 0.717) is 21.5 Å². The van der Waals surface area contributed by atoms with Gasteiger partial charge in [0.15, 0.2) is 5.58 Å². The number of benzene rings is 2. The molecular weight excluding hydrogens is 356 g/mol. The minimum atomic E-state index is -0.192. The summed E-state index contributed by atoms with van der Waals surface area (Å²) < 4.78 is 5.84. The first-order chi connectivity index (χ1) is 12.1. The average Bonchev–Trinajstić information content (AvgIpc) is 3.25. The van der Waals surface area contributed by atoms with Crippen LogP contribution in [-0.4, -0.2) is 10.9 Å². The van der Waals surface area contributed by atoms with E-state index in [4.69, 9.17) is 16.0 Å². The number of halogens is 1. The number of amides is 1. The highest BCUT2D eigenvalue weighted by Gasteiger charge is 2.13. The van der Waals surface area contributed by atoms with Crippen molar-refractivity contribution in [1.82, 2.24) is 4.98 Å². The number of fused-ring (bicyclic) bond motifs is 1. The van der Waals surface area contributed by atoms with Crippen LogP contribution in [0.2, 0.25) is 5.02 Å². The standard InChI is InChI=1S/C19H13ClN2O2S/c1-11-4-7-14-16(9-11)24-19(22-14)12-5-6-13(20)15(10-12)21-18(23)17-3-2-8-25-17/h2-10H,1H3,(H,21,23). The summed E-state index contributed by atoms with van der Waals surface area (Å²) >= 11 is 7.60. The number of carbonyl (C=O) groups is 1. The van der Waals surface area contributed by atoms with Crippen LogP contribution in [0.15, 0.2) is 58.3 Å². The van der Waals surface area contributed by atoms with Crippen LogP contribution < -0.4 is 5.32 Å². The summed E-state index contributed by atoms with van der Waals surface area (Å²) in [5, 5.41) is 5.15. The van der Waals surface area contributed by atoms with Crippen LogP contribution in [0.25, 0.3) is 22.6 Å². The van der Waals surface area contributed by atoms with Gasteiger partial charge in [-0.25, -0.2) is 4.98 Å². The first-order valence-corrected chi connectivity index (χ1v) is 8.88. The molecule has 4 rings (SSSR count). The monoisotopic (exact) mass is 368 g/mol. The van der Waals surface area contributed by atoms with Gasteiger partial charge < -0.3 is 9.73 Å². The van der Waals surface area contributed by atoms with Crippen LogP contribution in [0.3, 0.4) is 0 Å². The van der Waals surface area contributed by atoms with Crippen molar-refractivity contribution >= 4 is 45.6 Å².